The Bertz CT molecular complexity index is 614. The van der Waals surface area contributed by atoms with Gasteiger partial charge in [-0.25, -0.2) is 9.50 Å². The Labute approximate surface area is 130 Å². The molecule has 0 saturated carbocycles. The summed E-state index contributed by atoms with van der Waals surface area (Å²) in [6, 6.07) is 4.56. The van der Waals surface area contributed by atoms with Gasteiger partial charge in [-0.15, -0.1) is 0 Å². The van der Waals surface area contributed by atoms with Crippen molar-refractivity contribution in [3.63, 3.8) is 0 Å². The second-order valence-electron chi connectivity index (χ2n) is 6.40. The average molecular weight is 301 g/mol. The Morgan fingerprint density at radius 2 is 2.18 bits per heavy atom. The summed E-state index contributed by atoms with van der Waals surface area (Å²) < 4.78 is 7.34. The van der Waals surface area contributed by atoms with E-state index in [1.807, 2.05) is 16.8 Å². The van der Waals surface area contributed by atoms with Gasteiger partial charge in [0, 0.05) is 38.5 Å². The molecule has 22 heavy (non-hydrogen) atoms. The van der Waals surface area contributed by atoms with E-state index in [0.717, 1.165) is 43.6 Å². The standard InChI is InChI=1S/C16H23N5O/c1-2-15-16(17-12-18-21(15)6-1)19-14-3-7-20(8-4-14)10-13-5-9-22-11-13/h1-2,6,12-14H,3-5,7-11H2,(H,17,18,19). The highest BCUT2D eigenvalue weighted by molar-refractivity contribution is 5.67. The number of nitrogens with zero attached hydrogens (tertiary/aromatic N) is 4. The van der Waals surface area contributed by atoms with Gasteiger partial charge in [-0.2, -0.15) is 5.10 Å². The summed E-state index contributed by atoms with van der Waals surface area (Å²) in [6.45, 7) is 5.42. The van der Waals surface area contributed by atoms with E-state index >= 15 is 0 Å². The lowest BCUT2D eigenvalue weighted by Crippen LogP contribution is -2.41. The molecule has 0 radical (unpaired) electrons. The van der Waals surface area contributed by atoms with Gasteiger partial charge >= 0.3 is 0 Å². The molecule has 4 rings (SSSR count). The number of ether oxygens (including phenoxy) is 1. The van der Waals surface area contributed by atoms with Gasteiger partial charge in [0.05, 0.1) is 6.61 Å². The quantitative estimate of drug-likeness (QED) is 0.930. The second-order valence-corrected chi connectivity index (χ2v) is 6.40. The maximum absolute atomic E-state index is 5.48. The molecule has 2 aliphatic rings. The molecule has 118 valence electrons. The first-order valence-corrected chi connectivity index (χ1v) is 8.23. The first-order valence-electron chi connectivity index (χ1n) is 8.23. The van der Waals surface area contributed by atoms with Crippen molar-refractivity contribution in [2.45, 2.75) is 25.3 Å². The van der Waals surface area contributed by atoms with Crippen molar-refractivity contribution in [3.05, 3.63) is 24.7 Å². The fourth-order valence-electron chi connectivity index (χ4n) is 3.52. The summed E-state index contributed by atoms with van der Waals surface area (Å²) in [6.07, 6.45) is 7.14. The molecule has 1 unspecified atom stereocenters. The number of hydrogen-bond acceptors (Lipinski definition) is 5. The van der Waals surface area contributed by atoms with Crippen molar-refractivity contribution in [2.75, 3.05) is 38.2 Å². The van der Waals surface area contributed by atoms with Crippen LogP contribution in [0.1, 0.15) is 19.3 Å². The molecule has 4 heterocycles. The lowest BCUT2D eigenvalue weighted by molar-refractivity contribution is 0.154. The smallest absolute Gasteiger partial charge is 0.154 e. The molecule has 0 aromatic carbocycles. The summed E-state index contributed by atoms with van der Waals surface area (Å²) in [5.74, 6) is 1.69. The third kappa shape index (κ3) is 2.94. The summed E-state index contributed by atoms with van der Waals surface area (Å²) in [5.41, 5.74) is 1.05. The highest BCUT2D eigenvalue weighted by Gasteiger charge is 2.24. The van der Waals surface area contributed by atoms with Crippen molar-refractivity contribution in [1.82, 2.24) is 19.5 Å². The van der Waals surface area contributed by atoms with Crippen molar-refractivity contribution in [1.29, 1.82) is 0 Å². The van der Waals surface area contributed by atoms with Gasteiger partial charge in [-0.3, -0.25) is 0 Å². The maximum atomic E-state index is 5.48. The molecule has 1 N–H and O–H groups in total. The fourth-order valence-corrected chi connectivity index (χ4v) is 3.52. The molecular weight excluding hydrogens is 278 g/mol. The van der Waals surface area contributed by atoms with Crippen LogP contribution >= 0.6 is 0 Å². The highest BCUT2D eigenvalue weighted by Crippen LogP contribution is 2.21. The van der Waals surface area contributed by atoms with Crippen molar-refractivity contribution in [2.24, 2.45) is 5.92 Å². The van der Waals surface area contributed by atoms with Gasteiger partial charge in [0.15, 0.2) is 5.82 Å². The van der Waals surface area contributed by atoms with Gasteiger partial charge < -0.3 is 15.0 Å². The monoisotopic (exact) mass is 301 g/mol. The number of anilines is 1. The van der Waals surface area contributed by atoms with Crippen molar-refractivity contribution < 1.29 is 4.74 Å². The first-order chi connectivity index (χ1) is 10.9. The Kier molecular flexibility index (Phi) is 3.95. The largest absolute Gasteiger partial charge is 0.381 e. The van der Waals surface area contributed by atoms with Crippen molar-refractivity contribution >= 4 is 11.3 Å². The Balaban J connectivity index is 1.33. The molecule has 2 aromatic rings. The molecule has 2 aromatic heterocycles. The molecule has 0 amide bonds. The number of rotatable bonds is 4. The summed E-state index contributed by atoms with van der Waals surface area (Å²) in [4.78, 5) is 6.99. The van der Waals surface area contributed by atoms with E-state index in [2.05, 4.69) is 26.4 Å². The lowest BCUT2D eigenvalue weighted by atomic mass is 10.0. The number of aromatic nitrogens is 3. The topological polar surface area (TPSA) is 54.7 Å². The van der Waals surface area contributed by atoms with Crippen molar-refractivity contribution in [3.8, 4) is 0 Å². The van der Waals surface area contributed by atoms with E-state index in [1.54, 1.807) is 6.33 Å². The minimum Gasteiger partial charge on any atom is -0.381 e. The summed E-state index contributed by atoms with van der Waals surface area (Å²) >= 11 is 0. The van der Waals surface area contributed by atoms with E-state index in [9.17, 15) is 0 Å². The molecule has 2 fully saturated rings. The number of fused-ring (bicyclic) bond motifs is 1. The number of hydrogen-bond donors (Lipinski definition) is 1. The van der Waals surface area contributed by atoms with E-state index in [1.165, 1.54) is 25.8 Å². The molecule has 0 spiro atoms. The summed E-state index contributed by atoms with van der Waals surface area (Å²) in [5, 5.41) is 7.81. The van der Waals surface area contributed by atoms with Crippen LogP contribution < -0.4 is 5.32 Å². The molecule has 6 heteroatoms. The van der Waals surface area contributed by atoms with Gasteiger partial charge in [-0.05, 0) is 37.3 Å². The zero-order valence-corrected chi connectivity index (χ0v) is 12.8. The predicted octanol–water partition coefficient (Wildman–Crippen LogP) is 1.64. The maximum Gasteiger partial charge on any atom is 0.154 e. The molecule has 0 bridgehead atoms. The normalized spacial score (nSPS) is 24.1. The third-order valence-corrected chi connectivity index (χ3v) is 4.80. The predicted molar refractivity (Wildman–Crippen MR) is 85.0 cm³/mol. The van der Waals surface area contributed by atoms with Gasteiger partial charge in [0.25, 0.3) is 0 Å². The SMILES string of the molecule is c1cc2c(NC3CCN(CC4CCOC4)CC3)ncnn2c1. The highest BCUT2D eigenvalue weighted by atomic mass is 16.5. The van der Waals surface area contributed by atoms with Crippen LogP contribution in [-0.4, -0.2) is 58.4 Å². The number of piperidine rings is 1. The molecular formula is C16H23N5O. The van der Waals surface area contributed by atoms with Crippen LogP contribution in [0.2, 0.25) is 0 Å². The molecule has 0 aliphatic carbocycles. The van der Waals surface area contributed by atoms with E-state index in [4.69, 9.17) is 4.74 Å². The zero-order chi connectivity index (χ0) is 14.8. The molecule has 2 aliphatic heterocycles. The van der Waals surface area contributed by atoms with Crippen LogP contribution in [0.3, 0.4) is 0 Å². The van der Waals surface area contributed by atoms with E-state index in [0.29, 0.717) is 6.04 Å². The molecule has 2 saturated heterocycles. The average Bonchev–Trinajstić information content (AvgIpc) is 3.21. The van der Waals surface area contributed by atoms with Crippen LogP contribution in [0.5, 0.6) is 0 Å². The van der Waals surface area contributed by atoms with E-state index in [-0.39, 0.29) is 0 Å². The van der Waals surface area contributed by atoms with Gasteiger partial charge in [-0.1, -0.05) is 0 Å². The number of likely N-dealkylation sites (tertiary alicyclic amines) is 1. The first kappa shape index (κ1) is 14.0. The van der Waals surface area contributed by atoms with Crippen LogP contribution in [0, 0.1) is 5.92 Å². The fraction of sp³-hybridized carbons (Fsp3) is 0.625. The Hall–Kier alpha value is -1.66. The summed E-state index contributed by atoms with van der Waals surface area (Å²) in [7, 11) is 0. The molecule has 6 nitrogen and oxygen atoms in total. The lowest BCUT2D eigenvalue weighted by Gasteiger charge is -2.33. The van der Waals surface area contributed by atoms with Crippen LogP contribution in [0.4, 0.5) is 5.82 Å². The van der Waals surface area contributed by atoms with Crippen LogP contribution in [-0.2, 0) is 4.74 Å². The van der Waals surface area contributed by atoms with Crippen LogP contribution in [0.15, 0.2) is 24.7 Å². The minimum absolute atomic E-state index is 0.504. The van der Waals surface area contributed by atoms with Gasteiger partial charge in [0.2, 0.25) is 0 Å². The zero-order valence-electron chi connectivity index (χ0n) is 12.8. The Morgan fingerprint density at radius 3 is 3.00 bits per heavy atom. The third-order valence-electron chi connectivity index (χ3n) is 4.80. The minimum atomic E-state index is 0.504. The van der Waals surface area contributed by atoms with E-state index < -0.39 is 0 Å². The molecule has 1 atom stereocenters. The Morgan fingerprint density at radius 1 is 1.27 bits per heavy atom. The second kappa shape index (κ2) is 6.22. The number of nitrogens with one attached hydrogen (secondary N) is 1. The van der Waals surface area contributed by atoms with Gasteiger partial charge in [0.1, 0.15) is 11.8 Å². The van der Waals surface area contributed by atoms with Crippen LogP contribution in [0.25, 0.3) is 5.52 Å².